The molecule has 2 rings (SSSR count). The molecule has 1 atom stereocenters. The highest BCUT2D eigenvalue weighted by Gasteiger charge is 2.33. The van der Waals surface area contributed by atoms with Gasteiger partial charge in [0.15, 0.2) is 5.78 Å². The van der Waals surface area contributed by atoms with E-state index in [-0.39, 0.29) is 11.5 Å². The Balaban J connectivity index is 2.56. The van der Waals surface area contributed by atoms with E-state index in [1.54, 1.807) is 0 Å². The second-order valence-electron chi connectivity index (χ2n) is 5.86. The first-order valence-corrected chi connectivity index (χ1v) is 9.00. The summed E-state index contributed by atoms with van der Waals surface area (Å²) in [6, 6.07) is 10.2. The van der Waals surface area contributed by atoms with Gasteiger partial charge in [0, 0.05) is 11.3 Å². The number of nitrogens with one attached hydrogen (secondary N) is 1. The van der Waals surface area contributed by atoms with Crippen LogP contribution in [0.2, 0.25) is 0 Å². The number of carbonyl (C=O) groups excluding carboxylic acids is 2. The second kappa shape index (κ2) is 8.04. The third-order valence-corrected chi connectivity index (χ3v) is 5.15. The summed E-state index contributed by atoms with van der Waals surface area (Å²) in [5, 5.41) is 13.4. The van der Waals surface area contributed by atoms with Crippen LogP contribution in [-0.4, -0.2) is 17.4 Å². The maximum absolute atomic E-state index is 12.2. The number of hydrogen-bond acceptors (Lipinski definition) is 5. The number of rotatable bonds is 6. The standard InChI is InChI=1S/C19H21N3O2S/c1-4-13-5-7-14(8-6-13)18-15(9-20)19(25-10-16(21)24)22-11(2)17(18)12(3)23/h5-8,18,22H,4,10H2,1-3H3,(H2,21,24)/t18-/m1/s1. The van der Waals surface area contributed by atoms with Gasteiger partial charge in [0.1, 0.15) is 0 Å². The minimum atomic E-state index is -0.459. The molecule has 6 heteroatoms. The fourth-order valence-corrected chi connectivity index (χ4v) is 3.75. The molecule has 0 radical (unpaired) electrons. The van der Waals surface area contributed by atoms with E-state index in [9.17, 15) is 14.9 Å². The number of aryl methyl sites for hydroxylation is 1. The Morgan fingerprint density at radius 2 is 1.96 bits per heavy atom. The number of Topliss-reactive ketones (excluding diaryl/α,β-unsaturated/α-hetero) is 1. The molecule has 0 fully saturated rings. The van der Waals surface area contributed by atoms with Gasteiger partial charge >= 0.3 is 0 Å². The van der Waals surface area contributed by atoms with Gasteiger partial charge in [-0.3, -0.25) is 9.59 Å². The van der Waals surface area contributed by atoms with Gasteiger partial charge in [-0.15, -0.1) is 0 Å². The normalized spacial score (nSPS) is 17.1. The van der Waals surface area contributed by atoms with Crippen LogP contribution in [0.3, 0.4) is 0 Å². The van der Waals surface area contributed by atoms with E-state index in [0.29, 0.717) is 21.9 Å². The van der Waals surface area contributed by atoms with E-state index in [4.69, 9.17) is 5.73 Å². The summed E-state index contributed by atoms with van der Waals surface area (Å²) in [5.41, 5.74) is 9.01. The van der Waals surface area contributed by atoms with Crippen molar-refractivity contribution in [3.63, 3.8) is 0 Å². The van der Waals surface area contributed by atoms with Crippen molar-refractivity contribution in [3.05, 3.63) is 57.3 Å². The van der Waals surface area contributed by atoms with Gasteiger partial charge in [-0.25, -0.2) is 0 Å². The van der Waals surface area contributed by atoms with Gasteiger partial charge in [0.2, 0.25) is 5.91 Å². The number of carbonyl (C=O) groups is 2. The number of thioether (sulfide) groups is 1. The number of allylic oxidation sites excluding steroid dienone is 3. The van der Waals surface area contributed by atoms with Crippen LogP contribution in [-0.2, 0) is 16.0 Å². The van der Waals surface area contributed by atoms with Crippen LogP contribution in [0.5, 0.6) is 0 Å². The van der Waals surface area contributed by atoms with Crippen molar-refractivity contribution in [2.45, 2.75) is 33.1 Å². The predicted molar refractivity (Wildman–Crippen MR) is 99.4 cm³/mol. The Labute approximate surface area is 152 Å². The molecule has 0 bridgehead atoms. The van der Waals surface area contributed by atoms with Crippen LogP contribution in [0.25, 0.3) is 0 Å². The van der Waals surface area contributed by atoms with Crippen molar-refractivity contribution < 1.29 is 9.59 Å². The Morgan fingerprint density at radius 3 is 2.44 bits per heavy atom. The van der Waals surface area contributed by atoms with E-state index in [0.717, 1.165) is 12.0 Å². The van der Waals surface area contributed by atoms with Crippen molar-refractivity contribution in [3.8, 4) is 6.07 Å². The highest BCUT2D eigenvalue weighted by molar-refractivity contribution is 8.03. The molecule has 1 heterocycles. The molecule has 3 N–H and O–H groups in total. The van der Waals surface area contributed by atoms with Gasteiger partial charge < -0.3 is 11.1 Å². The van der Waals surface area contributed by atoms with E-state index in [1.165, 1.54) is 24.2 Å². The Morgan fingerprint density at radius 1 is 1.32 bits per heavy atom. The fourth-order valence-electron chi connectivity index (χ4n) is 2.92. The van der Waals surface area contributed by atoms with Crippen molar-refractivity contribution in [2.24, 2.45) is 5.73 Å². The molecule has 0 aromatic heterocycles. The zero-order valence-corrected chi connectivity index (χ0v) is 15.4. The Hall–Kier alpha value is -2.52. The summed E-state index contributed by atoms with van der Waals surface area (Å²) in [6.45, 7) is 5.39. The predicted octanol–water partition coefficient (Wildman–Crippen LogP) is 2.75. The molecule has 1 amide bonds. The zero-order valence-electron chi connectivity index (χ0n) is 14.6. The lowest BCUT2D eigenvalue weighted by molar-refractivity contribution is -0.115. The summed E-state index contributed by atoms with van der Waals surface area (Å²) in [7, 11) is 0. The molecule has 5 nitrogen and oxygen atoms in total. The maximum Gasteiger partial charge on any atom is 0.227 e. The Kier molecular flexibility index (Phi) is 6.05. The molecule has 0 unspecified atom stereocenters. The summed E-state index contributed by atoms with van der Waals surface area (Å²) >= 11 is 1.19. The zero-order chi connectivity index (χ0) is 18.6. The first kappa shape index (κ1) is 18.8. The lowest BCUT2D eigenvalue weighted by Gasteiger charge is -2.29. The largest absolute Gasteiger partial charge is 0.369 e. The quantitative estimate of drug-likeness (QED) is 0.818. The SMILES string of the molecule is CCc1ccc([C@@H]2C(C#N)=C(SCC(N)=O)NC(C)=C2C(C)=O)cc1. The maximum atomic E-state index is 12.2. The number of ketones is 1. The van der Waals surface area contributed by atoms with Crippen LogP contribution in [0.15, 0.2) is 46.1 Å². The van der Waals surface area contributed by atoms with Crippen molar-refractivity contribution >= 4 is 23.5 Å². The highest BCUT2D eigenvalue weighted by atomic mass is 32.2. The molecular formula is C19H21N3O2S. The average Bonchev–Trinajstić information content (AvgIpc) is 2.58. The number of hydrogen-bond donors (Lipinski definition) is 2. The highest BCUT2D eigenvalue weighted by Crippen LogP contribution is 2.40. The molecule has 1 aromatic carbocycles. The number of benzene rings is 1. The van der Waals surface area contributed by atoms with Gasteiger partial charge in [-0.05, 0) is 31.4 Å². The van der Waals surface area contributed by atoms with Crippen molar-refractivity contribution in [1.82, 2.24) is 5.32 Å². The monoisotopic (exact) mass is 355 g/mol. The summed E-state index contributed by atoms with van der Waals surface area (Å²) < 4.78 is 0. The number of nitrogens with zero attached hydrogens (tertiary/aromatic N) is 1. The van der Waals surface area contributed by atoms with E-state index in [2.05, 4.69) is 18.3 Å². The van der Waals surface area contributed by atoms with E-state index in [1.807, 2.05) is 31.2 Å². The number of dihydropyridines is 1. The Bertz CT molecular complexity index is 801. The first-order chi connectivity index (χ1) is 11.9. The third kappa shape index (κ3) is 4.12. The molecule has 1 aliphatic heterocycles. The summed E-state index contributed by atoms with van der Waals surface area (Å²) in [5.74, 6) is -0.914. The van der Waals surface area contributed by atoms with Gasteiger partial charge in [0.05, 0.1) is 28.3 Å². The van der Waals surface area contributed by atoms with Crippen LogP contribution < -0.4 is 11.1 Å². The number of nitriles is 1. The lowest BCUT2D eigenvalue weighted by atomic mass is 9.81. The minimum absolute atomic E-state index is 0.0672. The second-order valence-corrected chi connectivity index (χ2v) is 6.84. The van der Waals surface area contributed by atoms with Crippen molar-refractivity contribution in [1.29, 1.82) is 5.26 Å². The van der Waals surface area contributed by atoms with Gasteiger partial charge in [-0.2, -0.15) is 5.26 Å². The number of nitrogens with two attached hydrogens (primary N) is 1. The molecule has 0 spiro atoms. The molecule has 130 valence electrons. The number of amides is 1. The molecule has 0 saturated heterocycles. The van der Waals surface area contributed by atoms with Crippen LogP contribution in [0.4, 0.5) is 0 Å². The molecular weight excluding hydrogens is 334 g/mol. The lowest BCUT2D eigenvalue weighted by Crippen LogP contribution is -2.27. The summed E-state index contributed by atoms with van der Waals surface area (Å²) in [4.78, 5) is 23.4. The fraction of sp³-hybridized carbons (Fsp3) is 0.316. The van der Waals surface area contributed by atoms with Gasteiger partial charge in [-0.1, -0.05) is 43.0 Å². The molecule has 0 saturated carbocycles. The van der Waals surface area contributed by atoms with Crippen LogP contribution >= 0.6 is 11.8 Å². The molecule has 0 aliphatic carbocycles. The first-order valence-electron chi connectivity index (χ1n) is 8.01. The van der Waals surface area contributed by atoms with Gasteiger partial charge in [0.25, 0.3) is 0 Å². The number of primary amides is 1. The molecule has 1 aromatic rings. The molecule has 25 heavy (non-hydrogen) atoms. The van der Waals surface area contributed by atoms with E-state index >= 15 is 0 Å². The topological polar surface area (TPSA) is 96.0 Å². The summed E-state index contributed by atoms with van der Waals surface area (Å²) in [6.07, 6.45) is 0.918. The van der Waals surface area contributed by atoms with Crippen LogP contribution in [0.1, 0.15) is 37.8 Å². The van der Waals surface area contributed by atoms with Crippen molar-refractivity contribution in [2.75, 3.05) is 5.75 Å². The van der Waals surface area contributed by atoms with Crippen LogP contribution in [0, 0.1) is 11.3 Å². The molecule has 1 aliphatic rings. The minimum Gasteiger partial charge on any atom is -0.369 e. The van der Waals surface area contributed by atoms with E-state index < -0.39 is 11.8 Å². The average molecular weight is 355 g/mol. The smallest absolute Gasteiger partial charge is 0.227 e. The third-order valence-electron chi connectivity index (χ3n) is 4.11.